The van der Waals surface area contributed by atoms with E-state index >= 15 is 0 Å². The summed E-state index contributed by atoms with van der Waals surface area (Å²) < 4.78 is 0.914. The van der Waals surface area contributed by atoms with Crippen LogP contribution in [0.2, 0.25) is 0 Å². The summed E-state index contributed by atoms with van der Waals surface area (Å²) >= 11 is 3.37. The Balaban J connectivity index is 2.63. The molecule has 0 radical (unpaired) electrons. The van der Waals surface area contributed by atoms with Crippen molar-refractivity contribution in [3.8, 4) is 0 Å². The Morgan fingerprint density at radius 1 is 1.50 bits per heavy atom. The lowest BCUT2D eigenvalue weighted by Crippen LogP contribution is -2.44. The van der Waals surface area contributed by atoms with Gasteiger partial charge in [0.1, 0.15) is 6.04 Å². The molecule has 4 nitrogen and oxygen atoms in total. The van der Waals surface area contributed by atoms with Gasteiger partial charge in [0, 0.05) is 11.0 Å². The number of rotatable bonds is 5. The summed E-state index contributed by atoms with van der Waals surface area (Å²) in [6.07, 6.45) is -0.931. The smallest absolute Gasteiger partial charge is 0.323 e. The van der Waals surface area contributed by atoms with Crippen molar-refractivity contribution in [3.05, 3.63) is 34.3 Å². The topological polar surface area (TPSA) is 69.6 Å². The van der Waals surface area contributed by atoms with Gasteiger partial charge in [-0.25, -0.2) is 0 Å². The Bertz CT molecular complexity index is 368. The summed E-state index contributed by atoms with van der Waals surface area (Å²) in [7, 11) is 0. The molecule has 0 bridgehead atoms. The molecule has 16 heavy (non-hydrogen) atoms. The third kappa shape index (κ3) is 3.59. The molecule has 0 aliphatic rings. The highest BCUT2D eigenvalue weighted by Crippen LogP contribution is 2.15. The first kappa shape index (κ1) is 13.2. The van der Waals surface area contributed by atoms with Crippen LogP contribution in [-0.4, -0.2) is 28.3 Å². The molecule has 0 amide bonds. The lowest BCUT2D eigenvalue weighted by molar-refractivity contribution is -0.142. The zero-order chi connectivity index (χ0) is 12.1. The van der Waals surface area contributed by atoms with Crippen molar-refractivity contribution in [2.24, 2.45) is 0 Å². The van der Waals surface area contributed by atoms with Crippen molar-refractivity contribution in [2.45, 2.75) is 25.6 Å². The van der Waals surface area contributed by atoms with Crippen molar-refractivity contribution in [1.29, 1.82) is 0 Å². The number of benzene rings is 1. The highest BCUT2D eigenvalue weighted by atomic mass is 79.9. The van der Waals surface area contributed by atoms with Crippen LogP contribution in [0, 0.1) is 0 Å². The van der Waals surface area contributed by atoms with E-state index in [0.29, 0.717) is 6.54 Å². The molecular weight excluding hydrogens is 274 g/mol. The quantitative estimate of drug-likeness (QED) is 0.765. The van der Waals surface area contributed by atoms with E-state index in [4.69, 9.17) is 5.11 Å². The number of carboxylic acid groups (broad SMARTS) is 1. The molecule has 2 unspecified atom stereocenters. The van der Waals surface area contributed by atoms with Gasteiger partial charge in [-0.3, -0.25) is 10.1 Å². The van der Waals surface area contributed by atoms with Gasteiger partial charge in [0.15, 0.2) is 0 Å². The summed E-state index contributed by atoms with van der Waals surface area (Å²) in [4.78, 5) is 10.8. The van der Waals surface area contributed by atoms with Gasteiger partial charge in [0.2, 0.25) is 0 Å². The molecule has 5 heteroatoms. The van der Waals surface area contributed by atoms with E-state index in [9.17, 15) is 9.90 Å². The summed E-state index contributed by atoms with van der Waals surface area (Å²) in [5, 5.41) is 20.9. The summed E-state index contributed by atoms with van der Waals surface area (Å²) in [6, 6.07) is 6.58. The van der Waals surface area contributed by atoms with Crippen molar-refractivity contribution < 1.29 is 15.0 Å². The van der Waals surface area contributed by atoms with Crippen LogP contribution < -0.4 is 5.32 Å². The van der Waals surface area contributed by atoms with Crippen LogP contribution in [0.3, 0.4) is 0 Å². The van der Waals surface area contributed by atoms with Crippen LogP contribution in [0.15, 0.2) is 28.7 Å². The standard InChI is InChI=1S/C11H14BrNO3/c1-7(14)10(11(15)16)13-6-8-4-2-3-5-9(8)12/h2-5,7,10,13-14H,6H2,1H3,(H,15,16). The number of halogens is 1. The monoisotopic (exact) mass is 287 g/mol. The van der Waals surface area contributed by atoms with E-state index in [1.54, 1.807) is 0 Å². The summed E-state index contributed by atoms with van der Waals surface area (Å²) in [6.45, 7) is 1.84. The van der Waals surface area contributed by atoms with Gasteiger partial charge in [-0.2, -0.15) is 0 Å². The maximum Gasteiger partial charge on any atom is 0.323 e. The molecular formula is C11H14BrNO3. The van der Waals surface area contributed by atoms with E-state index in [1.807, 2.05) is 24.3 Å². The lowest BCUT2D eigenvalue weighted by Gasteiger charge is -2.17. The van der Waals surface area contributed by atoms with E-state index in [1.165, 1.54) is 6.92 Å². The van der Waals surface area contributed by atoms with Gasteiger partial charge in [0.25, 0.3) is 0 Å². The number of nitrogens with one attached hydrogen (secondary N) is 1. The molecule has 1 rings (SSSR count). The number of aliphatic hydroxyl groups excluding tert-OH is 1. The Morgan fingerprint density at radius 3 is 2.62 bits per heavy atom. The van der Waals surface area contributed by atoms with Gasteiger partial charge >= 0.3 is 5.97 Å². The fourth-order valence-corrected chi connectivity index (χ4v) is 1.75. The number of hydrogen-bond donors (Lipinski definition) is 3. The van der Waals surface area contributed by atoms with Crippen LogP contribution in [0.1, 0.15) is 12.5 Å². The van der Waals surface area contributed by atoms with E-state index < -0.39 is 18.1 Å². The van der Waals surface area contributed by atoms with Crippen LogP contribution in [0.5, 0.6) is 0 Å². The molecule has 1 aromatic rings. The molecule has 0 fully saturated rings. The van der Waals surface area contributed by atoms with Crippen molar-refractivity contribution in [2.75, 3.05) is 0 Å². The first-order valence-corrected chi connectivity index (χ1v) is 5.69. The number of aliphatic carboxylic acids is 1. The number of carbonyl (C=O) groups is 1. The maximum atomic E-state index is 10.8. The summed E-state index contributed by atoms with van der Waals surface area (Å²) in [5.41, 5.74) is 0.953. The second-order valence-electron chi connectivity index (χ2n) is 3.53. The van der Waals surface area contributed by atoms with Crippen LogP contribution in [0.4, 0.5) is 0 Å². The fraction of sp³-hybridized carbons (Fsp3) is 0.364. The molecule has 1 aromatic carbocycles. The average Bonchev–Trinajstić information content (AvgIpc) is 2.20. The molecule has 0 aliphatic heterocycles. The Labute approximate surface area is 102 Å². The fourth-order valence-electron chi connectivity index (χ4n) is 1.33. The average molecular weight is 288 g/mol. The minimum atomic E-state index is -1.05. The number of aliphatic hydroxyl groups is 1. The zero-order valence-electron chi connectivity index (χ0n) is 8.85. The predicted molar refractivity (Wildman–Crippen MR) is 64.1 cm³/mol. The Kier molecular flexibility index (Phi) is 4.92. The van der Waals surface area contributed by atoms with Gasteiger partial charge in [-0.15, -0.1) is 0 Å². The molecule has 0 saturated carbocycles. The van der Waals surface area contributed by atoms with Gasteiger partial charge < -0.3 is 10.2 Å². The highest BCUT2D eigenvalue weighted by Gasteiger charge is 2.22. The predicted octanol–water partition coefficient (Wildman–Crippen LogP) is 1.37. The second-order valence-corrected chi connectivity index (χ2v) is 4.38. The molecule has 0 saturated heterocycles. The van der Waals surface area contributed by atoms with Crippen LogP contribution >= 0.6 is 15.9 Å². The maximum absolute atomic E-state index is 10.8. The molecule has 0 aromatic heterocycles. The van der Waals surface area contributed by atoms with Gasteiger partial charge in [-0.05, 0) is 18.6 Å². The number of carboxylic acids is 1. The minimum Gasteiger partial charge on any atom is -0.480 e. The molecule has 0 heterocycles. The lowest BCUT2D eigenvalue weighted by atomic mass is 10.1. The third-order valence-electron chi connectivity index (χ3n) is 2.22. The zero-order valence-corrected chi connectivity index (χ0v) is 10.4. The Hall–Kier alpha value is -0.910. The molecule has 0 aliphatic carbocycles. The Morgan fingerprint density at radius 2 is 2.12 bits per heavy atom. The van der Waals surface area contributed by atoms with E-state index in [2.05, 4.69) is 21.2 Å². The summed E-state index contributed by atoms with van der Waals surface area (Å²) in [5.74, 6) is -1.05. The molecule has 3 N–H and O–H groups in total. The first-order chi connectivity index (χ1) is 7.52. The number of hydrogen-bond acceptors (Lipinski definition) is 3. The minimum absolute atomic E-state index is 0.392. The molecule has 88 valence electrons. The largest absolute Gasteiger partial charge is 0.480 e. The molecule has 2 atom stereocenters. The van der Waals surface area contributed by atoms with Crippen molar-refractivity contribution in [3.63, 3.8) is 0 Å². The van der Waals surface area contributed by atoms with Crippen LogP contribution in [-0.2, 0) is 11.3 Å². The van der Waals surface area contributed by atoms with E-state index in [-0.39, 0.29) is 0 Å². The third-order valence-corrected chi connectivity index (χ3v) is 2.99. The second kappa shape index (κ2) is 5.98. The first-order valence-electron chi connectivity index (χ1n) is 4.90. The van der Waals surface area contributed by atoms with Crippen LogP contribution in [0.25, 0.3) is 0 Å². The SMILES string of the molecule is CC(O)C(NCc1ccccc1Br)C(=O)O. The highest BCUT2D eigenvalue weighted by molar-refractivity contribution is 9.10. The van der Waals surface area contributed by atoms with Gasteiger partial charge in [-0.1, -0.05) is 34.1 Å². The van der Waals surface area contributed by atoms with Crippen molar-refractivity contribution in [1.82, 2.24) is 5.32 Å². The van der Waals surface area contributed by atoms with Gasteiger partial charge in [0.05, 0.1) is 6.10 Å². The normalized spacial score (nSPS) is 14.4. The van der Waals surface area contributed by atoms with Crippen molar-refractivity contribution >= 4 is 21.9 Å². The van der Waals surface area contributed by atoms with E-state index in [0.717, 1.165) is 10.0 Å². The molecule has 0 spiro atoms.